The summed E-state index contributed by atoms with van der Waals surface area (Å²) >= 11 is 0. The van der Waals surface area contributed by atoms with Crippen LogP contribution in [-0.4, -0.2) is 54.0 Å². The van der Waals surface area contributed by atoms with E-state index in [1.165, 1.54) is 0 Å². The maximum absolute atomic E-state index is 12.9. The number of rotatable bonds is 7. The number of nitrogens with zero attached hydrogens (tertiary/aromatic N) is 2. The van der Waals surface area contributed by atoms with Gasteiger partial charge in [-0.2, -0.15) is 0 Å². The van der Waals surface area contributed by atoms with E-state index < -0.39 is 0 Å². The Kier molecular flexibility index (Phi) is 7.52. The molecule has 1 aliphatic rings. The van der Waals surface area contributed by atoms with Crippen molar-refractivity contribution in [2.24, 2.45) is 11.7 Å². The van der Waals surface area contributed by atoms with Crippen LogP contribution in [-0.2, 0) is 4.79 Å². The van der Waals surface area contributed by atoms with Crippen molar-refractivity contribution in [3.8, 4) is 0 Å². The topological polar surface area (TPSA) is 49.6 Å². The van der Waals surface area contributed by atoms with Gasteiger partial charge in [0.1, 0.15) is 0 Å². The molecule has 2 N–H and O–H groups in total. The average Bonchev–Trinajstić information content (AvgIpc) is 2.39. The average molecular weight is 283 g/mol. The Labute approximate surface area is 124 Å². The molecule has 20 heavy (non-hydrogen) atoms. The first-order valence-corrected chi connectivity index (χ1v) is 8.29. The van der Waals surface area contributed by atoms with Gasteiger partial charge in [-0.25, -0.2) is 0 Å². The van der Waals surface area contributed by atoms with Gasteiger partial charge >= 0.3 is 0 Å². The number of hydrogen-bond donors (Lipinski definition) is 1. The lowest BCUT2D eigenvalue weighted by Gasteiger charge is -2.39. The molecule has 4 heteroatoms. The Balaban J connectivity index is 2.74. The van der Waals surface area contributed by atoms with E-state index in [0.717, 1.165) is 51.9 Å². The first kappa shape index (κ1) is 17.4. The van der Waals surface area contributed by atoms with Crippen molar-refractivity contribution < 1.29 is 4.79 Å². The third kappa shape index (κ3) is 4.74. The summed E-state index contributed by atoms with van der Waals surface area (Å²) in [7, 11) is 0. The van der Waals surface area contributed by atoms with Crippen LogP contribution in [0.25, 0.3) is 0 Å². The lowest BCUT2D eigenvalue weighted by atomic mass is 9.98. The van der Waals surface area contributed by atoms with Crippen molar-refractivity contribution in [3.63, 3.8) is 0 Å². The van der Waals surface area contributed by atoms with Gasteiger partial charge in [-0.1, -0.05) is 27.7 Å². The second-order valence-electron chi connectivity index (χ2n) is 6.39. The molecule has 0 aromatic heterocycles. The van der Waals surface area contributed by atoms with Crippen molar-refractivity contribution in [2.45, 2.75) is 65.5 Å². The molecule has 0 aliphatic carbocycles. The van der Waals surface area contributed by atoms with Gasteiger partial charge < -0.3 is 10.6 Å². The molecule has 1 fully saturated rings. The highest BCUT2D eigenvalue weighted by molar-refractivity contribution is 5.82. The van der Waals surface area contributed by atoms with Gasteiger partial charge in [-0.3, -0.25) is 9.69 Å². The van der Waals surface area contributed by atoms with Crippen molar-refractivity contribution in [2.75, 3.05) is 26.2 Å². The fourth-order valence-corrected chi connectivity index (χ4v) is 3.13. The van der Waals surface area contributed by atoms with Crippen LogP contribution >= 0.6 is 0 Å². The van der Waals surface area contributed by atoms with E-state index in [2.05, 4.69) is 32.6 Å². The number of piperidine rings is 1. The lowest BCUT2D eigenvalue weighted by Crippen LogP contribution is -2.54. The first-order chi connectivity index (χ1) is 9.51. The quantitative estimate of drug-likeness (QED) is 0.778. The predicted octanol–water partition coefficient (Wildman–Crippen LogP) is 2.08. The first-order valence-electron chi connectivity index (χ1n) is 8.29. The summed E-state index contributed by atoms with van der Waals surface area (Å²) in [6.07, 6.45) is 4.08. The summed E-state index contributed by atoms with van der Waals surface area (Å²) < 4.78 is 0. The molecule has 1 atom stereocenters. The normalized spacial score (nSPS) is 18.9. The Hall–Kier alpha value is -0.610. The molecule has 0 bridgehead atoms. The number of amides is 1. The minimum atomic E-state index is 0.0317. The molecule has 1 rings (SSSR count). The molecule has 118 valence electrons. The van der Waals surface area contributed by atoms with Crippen molar-refractivity contribution in [3.05, 3.63) is 0 Å². The van der Waals surface area contributed by atoms with E-state index in [0.29, 0.717) is 11.8 Å². The van der Waals surface area contributed by atoms with Crippen molar-refractivity contribution in [1.82, 2.24) is 9.80 Å². The van der Waals surface area contributed by atoms with Gasteiger partial charge in [0.05, 0.1) is 6.04 Å². The second kappa shape index (κ2) is 8.63. The van der Waals surface area contributed by atoms with Gasteiger partial charge in [0, 0.05) is 19.1 Å². The Bertz CT molecular complexity index is 279. The molecular weight excluding hydrogens is 250 g/mol. The summed E-state index contributed by atoms with van der Waals surface area (Å²) in [5, 5.41) is 0. The second-order valence-corrected chi connectivity index (χ2v) is 6.39. The number of likely N-dealkylation sites (tertiary alicyclic amines) is 1. The number of nitrogens with two attached hydrogens (primary N) is 1. The van der Waals surface area contributed by atoms with E-state index in [1.54, 1.807) is 0 Å². The van der Waals surface area contributed by atoms with Crippen LogP contribution in [0.3, 0.4) is 0 Å². The van der Waals surface area contributed by atoms with Crippen LogP contribution in [0.15, 0.2) is 0 Å². The summed E-state index contributed by atoms with van der Waals surface area (Å²) in [5.74, 6) is 0.671. The zero-order valence-electron chi connectivity index (χ0n) is 13.8. The molecule has 0 spiro atoms. The van der Waals surface area contributed by atoms with Crippen LogP contribution in [0.2, 0.25) is 0 Å². The molecule has 1 amide bonds. The molecule has 4 nitrogen and oxygen atoms in total. The van der Waals surface area contributed by atoms with Gasteiger partial charge in [-0.05, 0) is 44.7 Å². The summed E-state index contributed by atoms with van der Waals surface area (Å²) in [6, 6.07) is 0.308. The molecule has 1 unspecified atom stereocenters. The maximum atomic E-state index is 12.9. The summed E-state index contributed by atoms with van der Waals surface area (Å²) in [4.78, 5) is 17.3. The molecule has 0 aromatic carbocycles. The largest absolute Gasteiger partial charge is 0.341 e. The third-order valence-corrected chi connectivity index (χ3v) is 4.15. The molecular formula is C16H33N3O. The number of carbonyl (C=O) groups excluding carboxylic acids is 1. The van der Waals surface area contributed by atoms with Crippen LogP contribution in [0.5, 0.6) is 0 Å². The minimum absolute atomic E-state index is 0.0317. The zero-order valence-corrected chi connectivity index (χ0v) is 13.8. The Morgan fingerprint density at radius 2 is 1.70 bits per heavy atom. The van der Waals surface area contributed by atoms with Gasteiger partial charge in [0.15, 0.2) is 0 Å². The highest BCUT2D eigenvalue weighted by Crippen LogP contribution is 2.18. The Morgan fingerprint density at radius 3 is 2.10 bits per heavy atom. The fraction of sp³-hybridized carbons (Fsp3) is 0.938. The molecule has 1 aliphatic heterocycles. The molecule has 0 saturated carbocycles. The van der Waals surface area contributed by atoms with Gasteiger partial charge in [0.25, 0.3) is 0 Å². The minimum Gasteiger partial charge on any atom is -0.341 e. The smallest absolute Gasteiger partial charge is 0.240 e. The van der Waals surface area contributed by atoms with Crippen molar-refractivity contribution >= 4 is 5.91 Å². The molecule has 0 aromatic rings. The number of hydrogen-bond acceptors (Lipinski definition) is 3. The maximum Gasteiger partial charge on any atom is 0.240 e. The Morgan fingerprint density at radius 1 is 1.20 bits per heavy atom. The van der Waals surface area contributed by atoms with Gasteiger partial charge in [-0.15, -0.1) is 0 Å². The summed E-state index contributed by atoms with van der Waals surface area (Å²) in [5.41, 5.74) is 5.94. The standard InChI is InChI=1S/C16H33N3O/c1-5-9-18(10-6-2)15(13(3)4)16(20)19-11-7-14(17)8-12-19/h13-15H,5-12,17H2,1-4H3. The van der Waals surface area contributed by atoms with Crippen LogP contribution in [0.1, 0.15) is 53.4 Å². The monoisotopic (exact) mass is 283 g/mol. The van der Waals surface area contributed by atoms with E-state index in [9.17, 15) is 4.79 Å². The SMILES string of the molecule is CCCN(CCC)C(C(=O)N1CCC(N)CC1)C(C)C. The summed E-state index contributed by atoms with van der Waals surface area (Å²) in [6.45, 7) is 12.4. The van der Waals surface area contributed by atoms with Crippen LogP contribution in [0.4, 0.5) is 0 Å². The number of carbonyl (C=O) groups is 1. The highest BCUT2D eigenvalue weighted by Gasteiger charge is 2.32. The van der Waals surface area contributed by atoms with Gasteiger partial charge in [0.2, 0.25) is 5.91 Å². The van der Waals surface area contributed by atoms with E-state index in [1.807, 2.05) is 4.90 Å². The molecule has 1 saturated heterocycles. The zero-order chi connectivity index (χ0) is 15.1. The molecule has 0 radical (unpaired) electrons. The van der Waals surface area contributed by atoms with E-state index >= 15 is 0 Å². The fourth-order valence-electron chi connectivity index (χ4n) is 3.13. The van der Waals surface area contributed by atoms with Crippen LogP contribution < -0.4 is 5.73 Å². The lowest BCUT2D eigenvalue weighted by molar-refractivity contribution is -0.139. The molecule has 1 heterocycles. The highest BCUT2D eigenvalue weighted by atomic mass is 16.2. The van der Waals surface area contributed by atoms with Crippen LogP contribution in [0, 0.1) is 5.92 Å². The third-order valence-electron chi connectivity index (χ3n) is 4.15. The predicted molar refractivity (Wildman–Crippen MR) is 84.6 cm³/mol. The van der Waals surface area contributed by atoms with Crippen molar-refractivity contribution in [1.29, 1.82) is 0 Å². The van der Waals surface area contributed by atoms with E-state index in [4.69, 9.17) is 5.73 Å². The van der Waals surface area contributed by atoms with E-state index in [-0.39, 0.29) is 12.1 Å².